The number of rotatable bonds is 6. The van der Waals surface area contributed by atoms with E-state index in [1.54, 1.807) is 30.1 Å². The molecule has 0 saturated carbocycles. The van der Waals surface area contributed by atoms with E-state index in [2.05, 4.69) is 27.5 Å². The monoisotopic (exact) mass is 368 g/mol. The fraction of sp³-hybridized carbons (Fsp3) is 0.375. The predicted molar refractivity (Wildman–Crippen MR) is 102 cm³/mol. The van der Waals surface area contributed by atoms with Gasteiger partial charge in [-0.3, -0.25) is 4.99 Å². The Balaban J connectivity index is 1.69. The molecule has 0 saturated heterocycles. The number of aromatic nitrogens is 1. The van der Waals surface area contributed by atoms with Crippen LogP contribution in [0.2, 0.25) is 5.02 Å². The van der Waals surface area contributed by atoms with E-state index in [4.69, 9.17) is 11.6 Å². The van der Waals surface area contributed by atoms with E-state index in [-0.39, 0.29) is 0 Å². The first-order chi connectivity index (χ1) is 11.1. The lowest BCUT2D eigenvalue weighted by Gasteiger charge is -2.10. The van der Waals surface area contributed by atoms with Crippen molar-refractivity contribution in [2.75, 3.05) is 19.3 Å². The van der Waals surface area contributed by atoms with Crippen LogP contribution in [0.5, 0.6) is 0 Å². The van der Waals surface area contributed by atoms with Crippen LogP contribution in [0, 0.1) is 13.8 Å². The SMILES string of the molecule is CN=C(NCCSc1ccc(Cl)cc1)NCc1nc(C)c(C)s1. The molecule has 23 heavy (non-hydrogen) atoms. The second-order valence-electron chi connectivity index (χ2n) is 4.90. The zero-order valence-electron chi connectivity index (χ0n) is 13.5. The molecule has 7 heteroatoms. The van der Waals surface area contributed by atoms with Gasteiger partial charge in [0.1, 0.15) is 5.01 Å². The number of hydrogen-bond donors (Lipinski definition) is 2. The second kappa shape index (κ2) is 9.15. The molecule has 1 aromatic heterocycles. The van der Waals surface area contributed by atoms with Gasteiger partial charge in [-0.25, -0.2) is 4.98 Å². The van der Waals surface area contributed by atoms with Crippen LogP contribution in [0.4, 0.5) is 0 Å². The van der Waals surface area contributed by atoms with Crippen LogP contribution >= 0.6 is 34.7 Å². The molecular formula is C16H21ClN4S2. The van der Waals surface area contributed by atoms with Gasteiger partial charge in [0.15, 0.2) is 5.96 Å². The molecular weight excluding hydrogens is 348 g/mol. The lowest BCUT2D eigenvalue weighted by Crippen LogP contribution is -2.37. The number of aliphatic imine (C=N–C) groups is 1. The standard InChI is InChI=1S/C16H21ClN4S2/c1-11-12(2)23-15(21-11)10-20-16(18-3)19-8-9-22-14-6-4-13(17)5-7-14/h4-7H,8-10H2,1-3H3,(H2,18,19,20). The van der Waals surface area contributed by atoms with Gasteiger partial charge in [-0.2, -0.15) is 0 Å². The average Bonchev–Trinajstić information content (AvgIpc) is 2.87. The molecule has 4 nitrogen and oxygen atoms in total. The number of hydrogen-bond acceptors (Lipinski definition) is 4. The summed E-state index contributed by atoms with van der Waals surface area (Å²) in [5, 5.41) is 8.45. The number of nitrogens with zero attached hydrogens (tertiary/aromatic N) is 2. The Bertz CT molecular complexity index is 633. The molecule has 0 unspecified atom stereocenters. The van der Waals surface area contributed by atoms with Crippen molar-refractivity contribution >= 4 is 40.7 Å². The van der Waals surface area contributed by atoms with E-state index >= 15 is 0 Å². The number of thiazole rings is 1. The summed E-state index contributed by atoms with van der Waals surface area (Å²) in [6.45, 7) is 5.67. The van der Waals surface area contributed by atoms with Gasteiger partial charge in [0.2, 0.25) is 0 Å². The van der Waals surface area contributed by atoms with Gasteiger partial charge in [0.25, 0.3) is 0 Å². The Hall–Kier alpha value is -1.24. The highest BCUT2D eigenvalue weighted by Crippen LogP contribution is 2.19. The molecule has 2 rings (SSSR count). The van der Waals surface area contributed by atoms with Crippen LogP contribution in [0.25, 0.3) is 0 Å². The first kappa shape index (κ1) is 18.1. The van der Waals surface area contributed by atoms with Crippen molar-refractivity contribution in [1.82, 2.24) is 15.6 Å². The molecule has 0 radical (unpaired) electrons. The minimum absolute atomic E-state index is 0.698. The summed E-state index contributed by atoms with van der Waals surface area (Å²) in [5.41, 5.74) is 1.11. The van der Waals surface area contributed by atoms with Crippen LogP contribution in [-0.2, 0) is 6.54 Å². The Morgan fingerprint density at radius 1 is 1.26 bits per heavy atom. The van der Waals surface area contributed by atoms with Gasteiger partial charge >= 0.3 is 0 Å². The average molecular weight is 369 g/mol. The lowest BCUT2D eigenvalue weighted by atomic mass is 10.4. The van der Waals surface area contributed by atoms with Gasteiger partial charge in [-0.1, -0.05) is 11.6 Å². The summed E-state index contributed by atoms with van der Waals surface area (Å²) >= 11 is 9.39. The van der Waals surface area contributed by atoms with E-state index in [1.165, 1.54) is 9.77 Å². The third-order valence-corrected chi connectivity index (χ3v) is 5.52. The molecule has 2 aromatic rings. The van der Waals surface area contributed by atoms with Gasteiger partial charge in [-0.15, -0.1) is 23.1 Å². The van der Waals surface area contributed by atoms with Crippen molar-refractivity contribution in [1.29, 1.82) is 0 Å². The summed E-state index contributed by atoms with van der Waals surface area (Å²) < 4.78 is 0. The predicted octanol–water partition coefficient (Wildman–Crippen LogP) is 3.87. The molecule has 0 amide bonds. The molecule has 124 valence electrons. The molecule has 0 aliphatic heterocycles. The molecule has 0 bridgehead atoms. The van der Waals surface area contributed by atoms with Crippen molar-refractivity contribution in [2.24, 2.45) is 4.99 Å². The zero-order valence-corrected chi connectivity index (χ0v) is 15.9. The van der Waals surface area contributed by atoms with Crippen molar-refractivity contribution in [3.63, 3.8) is 0 Å². The maximum atomic E-state index is 5.88. The zero-order chi connectivity index (χ0) is 16.7. The van der Waals surface area contributed by atoms with Crippen molar-refractivity contribution in [2.45, 2.75) is 25.3 Å². The number of nitrogens with one attached hydrogen (secondary N) is 2. The Morgan fingerprint density at radius 3 is 2.61 bits per heavy atom. The van der Waals surface area contributed by atoms with E-state index < -0.39 is 0 Å². The minimum Gasteiger partial charge on any atom is -0.356 e. The van der Waals surface area contributed by atoms with Crippen LogP contribution in [0.15, 0.2) is 34.2 Å². The first-order valence-electron chi connectivity index (χ1n) is 7.34. The maximum Gasteiger partial charge on any atom is 0.191 e. The fourth-order valence-electron chi connectivity index (χ4n) is 1.86. The Morgan fingerprint density at radius 2 is 2.00 bits per heavy atom. The summed E-state index contributed by atoms with van der Waals surface area (Å²) in [5.74, 6) is 1.75. The minimum atomic E-state index is 0.698. The van der Waals surface area contributed by atoms with Crippen LogP contribution in [0.3, 0.4) is 0 Å². The highest BCUT2D eigenvalue weighted by Gasteiger charge is 2.04. The molecule has 0 aliphatic carbocycles. The summed E-state index contributed by atoms with van der Waals surface area (Å²) in [6.07, 6.45) is 0. The molecule has 0 spiro atoms. The number of aryl methyl sites for hydroxylation is 2. The molecule has 1 heterocycles. The lowest BCUT2D eigenvalue weighted by molar-refractivity contribution is 0.824. The van der Waals surface area contributed by atoms with Crippen LogP contribution in [-0.4, -0.2) is 30.3 Å². The molecule has 0 fully saturated rings. The Labute approximate surface area is 150 Å². The van der Waals surface area contributed by atoms with Gasteiger partial charge < -0.3 is 10.6 Å². The van der Waals surface area contributed by atoms with Crippen molar-refractivity contribution in [3.05, 3.63) is 44.9 Å². The quantitative estimate of drug-likeness (QED) is 0.351. The topological polar surface area (TPSA) is 49.3 Å². The van der Waals surface area contributed by atoms with E-state index in [0.717, 1.165) is 34.0 Å². The molecule has 1 aromatic carbocycles. The third-order valence-electron chi connectivity index (χ3n) is 3.18. The molecule has 0 atom stereocenters. The van der Waals surface area contributed by atoms with E-state index in [9.17, 15) is 0 Å². The van der Waals surface area contributed by atoms with E-state index in [1.807, 2.05) is 31.2 Å². The normalized spacial score (nSPS) is 11.6. The second-order valence-corrected chi connectivity index (χ2v) is 7.80. The maximum absolute atomic E-state index is 5.88. The highest BCUT2D eigenvalue weighted by molar-refractivity contribution is 7.99. The fourth-order valence-corrected chi connectivity index (χ4v) is 3.63. The number of thioether (sulfide) groups is 1. The van der Waals surface area contributed by atoms with Gasteiger partial charge in [-0.05, 0) is 38.1 Å². The third kappa shape index (κ3) is 6.05. The van der Waals surface area contributed by atoms with Crippen molar-refractivity contribution < 1.29 is 0 Å². The summed E-state index contributed by atoms with van der Waals surface area (Å²) in [6, 6.07) is 7.89. The largest absolute Gasteiger partial charge is 0.356 e. The molecule has 2 N–H and O–H groups in total. The highest BCUT2D eigenvalue weighted by atomic mass is 35.5. The van der Waals surface area contributed by atoms with Gasteiger partial charge in [0.05, 0.1) is 12.2 Å². The van der Waals surface area contributed by atoms with E-state index in [0.29, 0.717) is 6.54 Å². The Kier molecular flexibility index (Phi) is 7.20. The van der Waals surface area contributed by atoms with Crippen LogP contribution in [0.1, 0.15) is 15.6 Å². The summed E-state index contributed by atoms with van der Waals surface area (Å²) in [7, 11) is 1.78. The first-order valence-corrected chi connectivity index (χ1v) is 9.52. The smallest absolute Gasteiger partial charge is 0.191 e. The van der Waals surface area contributed by atoms with Crippen molar-refractivity contribution in [3.8, 4) is 0 Å². The number of guanidine groups is 1. The number of benzene rings is 1. The molecule has 0 aliphatic rings. The number of halogens is 1. The van der Waals surface area contributed by atoms with Gasteiger partial charge in [0, 0.05) is 34.1 Å². The van der Waals surface area contributed by atoms with Crippen LogP contribution < -0.4 is 10.6 Å². The summed E-state index contributed by atoms with van der Waals surface area (Å²) in [4.78, 5) is 11.2.